The first-order valence-corrected chi connectivity index (χ1v) is 7.18. The van der Waals surface area contributed by atoms with Crippen LogP contribution in [0.1, 0.15) is 31.1 Å². The highest BCUT2D eigenvalue weighted by molar-refractivity contribution is 9.10. The van der Waals surface area contributed by atoms with Crippen LogP contribution in [0, 0.1) is 0 Å². The van der Waals surface area contributed by atoms with Crippen molar-refractivity contribution in [2.45, 2.75) is 26.3 Å². The molecule has 5 nitrogen and oxygen atoms in total. The summed E-state index contributed by atoms with van der Waals surface area (Å²) in [5, 5.41) is 11.9. The summed E-state index contributed by atoms with van der Waals surface area (Å²) in [7, 11) is 0. The van der Waals surface area contributed by atoms with Crippen LogP contribution in [-0.4, -0.2) is 34.1 Å². The van der Waals surface area contributed by atoms with Gasteiger partial charge in [-0.2, -0.15) is 0 Å². The number of benzene rings is 1. The second kappa shape index (κ2) is 6.76. The van der Waals surface area contributed by atoms with Gasteiger partial charge in [0.15, 0.2) is 0 Å². The standard InChI is InChI=1S/C15H19BrN2O3/c1-5-8-18(15(2,3)4)14(21)17-12-7-6-10(16)9-11(12)13(19)20/h5-7,9H,1,8H2,2-4H3,(H,17,21)(H,19,20). The van der Waals surface area contributed by atoms with Crippen molar-refractivity contribution in [2.24, 2.45) is 0 Å². The topological polar surface area (TPSA) is 69.6 Å². The highest BCUT2D eigenvalue weighted by Crippen LogP contribution is 2.23. The fourth-order valence-corrected chi connectivity index (χ4v) is 2.14. The predicted molar refractivity (Wildman–Crippen MR) is 86.8 cm³/mol. The average Bonchev–Trinajstić information content (AvgIpc) is 2.36. The molecule has 1 aromatic rings. The number of hydrogen-bond acceptors (Lipinski definition) is 2. The number of carbonyl (C=O) groups is 2. The Morgan fingerprint density at radius 1 is 1.43 bits per heavy atom. The maximum Gasteiger partial charge on any atom is 0.337 e. The van der Waals surface area contributed by atoms with Crippen LogP contribution < -0.4 is 5.32 Å². The minimum Gasteiger partial charge on any atom is -0.478 e. The summed E-state index contributed by atoms with van der Waals surface area (Å²) in [5.74, 6) is -1.10. The zero-order valence-electron chi connectivity index (χ0n) is 12.3. The van der Waals surface area contributed by atoms with Gasteiger partial charge in [0, 0.05) is 16.6 Å². The Hall–Kier alpha value is -1.82. The Balaban J connectivity index is 3.07. The molecule has 1 aromatic carbocycles. The number of urea groups is 1. The normalized spacial score (nSPS) is 10.9. The number of rotatable bonds is 4. The fraction of sp³-hybridized carbons (Fsp3) is 0.333. The van der Waals surface area contributed by atoms with Gasteiger partial charge in [0.2, 0.25) is 0 Å². The third-order valence-electron chi connectivity index (χ3n) is 2.82. The summed E-state index contributed by atoms with van der Waals surface area (Å²) in [6.45, 7) is 9.70. The summed E-state index contributed by atoms with van der Waals surface area (Å²) in [4.78, 5) is 25.2. The number of anilines is 1. The van der Waals surface area contributed by atoms with Crippen molar-refractivity contribution in [1.29, 1.82) is 0 Å². The molecule has 114 valence electrons. The Bertz CT molecular complexity index is 565. The number of hydrogen-bond donors (Lipinski definition) is 2. The van der Waals surface area contributed by atoms with E-state index in [1.165, 1.54) is 6.07 Å². The van der Waals surface area contributed by atoms with E-state index in [0.717, 1.165) is 0 Å². The molecular weight excluding hydrogens is 336 g/mol. The first kappa shape index (κ1) is 17.2. The van der Waals surface area contributed by atoms with E-state index in [-0.39, 0.29) is 17.3 Å². The van der Waals surface area contributed by atoms with Crippen molar-refractivity contribution in [3.8, 4) is 0 Å². The van der Waals surface area contributed by atoms with Gasteiger partial charge < -0.3 is 15.3 Å². The van der Waals surface area contributed by atoms with E-state index >= 15 is 0 Å². The third-order valence-corrected chi connectivity index (χ3v) is 3.31. The average molecular weight is 355 g/mol. The van der Waals surface area contributed by atoms with Crippen LogP contribution in [0.15, 0.2) is 35.3 Å². The molecular formula is C15H19BrN2O3. The van der Waals surface area contributed by atoms with Crippen LogP contribution >= 0.6 is 15.9 Å². The maximum atomic E-state index is 12.4. The summed E-state index contributed by atoms with van der Waals surface area (Å²) in [5.41, 5.74) is -0.115. The van der Waals surface area contributed by atoms with Crippen molar-refractivity contribution >= 4 is 33.6 Å². The first-order chi connectivity index (χ1) is 9.66. The van der Waals surface area contributed by atoms with Gasteiger partial charge in [-0.1, -0.05) is 22.0 Å². The maximum absolute atomic E-state index is 12.4. The molecule has 0 aliphatic heterocycles. The van der Waals surface area contributed by atoms with E-state index < -0.39 is 11.5 Å². The van der Waals surface area contributed by atoms with Crippen molar-refractivity contribution in [3.05, 3.63) is 40.9 Å². The quantitative estimate of drug-likeness (QED) is 0.803. The molecule has 0 bridgehead atoms. The lowest BCUT2D eigenvalue weighted by molar-refractivity contribution is 0.0698. The molecule has 2 amide bonds. The third kappa shape index (κ3) is 4.60. The second-order valence-corrected chi connectivity index (χ2v) is 6.41. The van der Waals surface area contributed by atoms with Gasteiger partial charge in [-0.15, -0.1) is 6.58 Å². The molecule has 0 saturated carbocycles. The SMILES string of the molecule is C=CCN(C(=O)Nc1ccc(Br)cc1C(=O)O)C(C)(C)C. The lowest BCUT2D eigenvalue weighted by Crippen LogP contribution is -2.47. The van der Waals surface area contributed by atoms with E-state index in [1.807, 2.05) is 20.8 Å². The van der Waals surface area contributed by atoms with Crippen LogP contribution in [0.5, 0.6) is 0 Å². The van der Waals surface area contributed by atoms with Crippen molar-refractivity contribution in [2.75, 3.05) is 11.9 Å². The van der Waals surface area contributed by atoms with Gasteiger partial charge in [0.05, 0.1) is 11.3 Å². The molecule has 0 unspecified atom stereocenters. The van der Waals surface area contributed by atoms with Gasteiger partial charge >= 0.3 is 12.0 Å². The van der Waals surface area contributed by atoms with E-state index in [0.29, 0.717) is 11.0 Å². The van der Waals surface area contributed by atoms with Crippen LogP contribution in [0.2, 0.25) is 0 Å². The number of aromatic carboxylic acids is 1. The Kier molecular flexibility index (Phi) is 5.54. The molecule has 0 fully saturated rings. The van der Waals surface area contributed by atoms with E-state index in [2.05, 4.69) is 27.8 Å². The molecule has 21 heavy (non-hydrogen) atoms. The molecule has 6 heteroatoms. The number of carboxylic acid groups (broad SMARTS) is 1. The molecule has 0 radical (unpaired) electrons. The molecule has 0 heterocycles. The number of amides is 2. The molecule has 1 rings (SSSR count). The highest BCUT2D eigenvalue weighted by Gasteiger charge is 2.26. The van der Waals surface area contributed by atoms with Gasteiger partial charge in [-0.05, 0) is 39.0 Å². The minimum absolute atomic E-state index is 0.0326. The number of carboxylic acids is 1. The molecule has 0 spiro atoms. The van der Waals surface area contributed by atoms with Gasteiger partial charge in [-0.3, -0.25) is 0 Å². The Morgan fingerprint density at radius 2 is 2.05 bits per heavy atom. The van der Waals surface area contributed by atoms with Crippen LogP contribution in [0.4, 0.5) is 10.5 Å². The van der Waals surface area contributed by atoms with E-state index in [1.54, 1.807) is 23.1 Å². The fourth-order valence-electron chi connectivity index (χ4n) is 1.78. The largest absolute Gasteiger partial charge is 0.478 e. The molecule has 0 atom stereocenters. The molecule has 0 saturated heterocycles. The number of nitrogens with zero attached hydrogens (tertiary/aromatic N) is 1. The molecule has 0 aliphatic rings. The molecule has 0 aliphatic carbocycles. The number of carbonyl (C=O) groups excluding carboxylic acids is 1. The first-order valence-electron chi connectivity index (χ1n) is 6.39. The van der Waals surface area contributed by atoms with E-state index in [4.69, 9.17) is 0 Å². The van der Waals surface area contributed by atoms with Crippen molar-refractivity contribution < 1.29 is 14.7 Å². The summed E-state index contributed by atoms with van der Waals surface area (Å²) < 4.78 is 0.636. The monoisotopic (exact) mass is 354 g/mol. The van der Waals surface area contributed by atoms with E-state index in [9.17, 15) is 14.7 Å². The lowest BCUT2D eigenvalue weighted by Gasteiger charge is -2.35. The number of halogens is 1. The second-order valence-electron chi connectivity index (χ2n) is 5.50. The van der Waals surface area contributed by atoms with Gasteiger partial charge in [0.1, 0.15) is 0 Å². The lowest BCUT2D eigenvalue weighted by atomic mass is 10.1. The van der Waals surface area contributed by atoms with Crippen LogP contribution in [-0.2, 0) is 0 Å². The zero-order chi connectivity index (χ0) is 16.2. The van der Waals surface area contributed by atoms with Crippen LogP contribution in [0.25, 0.3) is 0 Å². The summed E-state index contributed by atoms with van der Waals surface area (Å²) >= 11 is 3.22. The minimum atomic E-state index is -1.10. The smallest absolute Gasteiger partial charge is 0.337 e. The number of nitrogens with one attached hydrogen (secondary N) is 1. The predicted octanol–water partition coefficient (Wildman–Crippen LogP) is 3.97. The Labute approximate surface area is 132 Å². The molecule has 2 N–H and O–H groups in total. The zero-order valence-corrected chi connectivity index (χ0v) is 13.9. The summed E-state index contributed by atoms with van der Waals surface area (Å²) in [6.07, 6.45) is 1.63. The van der Waals surface area contributed by atoms with Crippen molar-refractivity contribution in [1.82, 2.24) is 4.90 Å². The van der Waals surface area contributed by atoms with Crippen LogP contribution in [0.3, 0.4) is 0 Å². The van der Waals surface area contributed by atoms with Crippen molar-refractivity contribution in [3.63, 3.8) is 0 Å². The highest BCUT2D eigenvalue weighted by atomic mass is 79.9. The molecule has 0 aromatic heterocycles. The van der Waals surface area contributed by atoms with Gasteiger partial charge in [-0.25, -0.2) is 9.59 Å². The van der Waals surface area contributed by atoms with Gasteiger partial charge in [0.25, 0.3) is 0 Å². The summed E-state index contributed by atoms with van der Waals surface area (Å²) in [6, 6.07) is 4.32. The Morgan fingerprint density at radius 3 is 2.52 bits per heavy atom.